The van der Waals surface area contributed by atoms with Crippen LogP contribution >= 0.6 is 0 Å². The van der Waals surface area contributed by atoms with Crippen molar-refractivity contribution in [2.24, 2.45) is 5.73 Å². The zero-order valence-corrected chi connectivity index (χ0v) is 9.80. The Hall–Kier alpha value is -2.55. The fraction of sp³-hybridized carbons (Fsp3) is 0. The van der Waals surface area contributed by atoms with Crippen LogP contribution in [0.1, 0.15) is 0 Å². The van der Waals surface area contributed by atoms with Gasteiger partial charge in [0.1, 0.15) is 5.84 Å². The average Bonchev–Trinajstić information content (AvgIpc) is 2.73. The van der Waals surface area contributed by atoms with Crippen molar-refractivity contribution in [1.29, 1.82) is 5.41 Å². The molecule has 0 amide bonds. The maximum Gasteiger partial charge on any atom is 0.131 e. The fourth-order valence-corrected chi connectivity index (χ4v) is 2.35. The molecule has 0 aliphatic rings. The van der Waals surface area contributed by atoms with Gasteiger partial charge in [0.2, 0.25) is 0 Å². The highest BCUT2D eigenvalue weighted by Crippen LogP contribution is 2.28. The lowest BCUT2D eigenvalue weighted by atomic mass is 10.2. The van der Waals surface area contributed by atoms with Crippen molar-refractivity contribution in [2.75, 3.05) is 0 Å². The zero-order valence-electron chi connectivity index (χ0n) is 9.80. The average molecular weight is 235 g/mol. The van der Waals surface area contributed by atoms with E-state index < -0.39 is 0 Å². The van der Waals surface area contributed by atoms with Crippen molar-refractivity contribution in [2.45, 2.75) is 0 Å². The number of benzene rings is 2. The molecular weight excluding hydrogens is 222 g/mol. The molecule has 1 heterocycles. The first-order chi connectivity index (χ1) is 8.83. The van der Waals surface area contributed by atoms with Gasteiger partial charge in [-0.25, -0.2) is 0 Å². The van der Waals surface area contributed by atoms with Crippen LogP contribution in [0, 0.1) is 5.41 Å². The molecule has 3 nitrogen and oxygen atoms in total. The van der Waals surface area contributed by atoms with E-state index in [-0.39, 0.29) is 0 Å². The van der Waals surface area contributed by atoms with Crippen molar-refractivity contribution >= 4 is 27.6 Å². The van der Waals surface area contributed by atoms with Gasteiger partial charge in [-0.2, -0.15) is 0 Å². The van der Waals surface area contributed by atoms with E-state index in [0.717, 1.165) is 21.8 Å². The third kappa shape index (κ3) is 1.41. The van der Waals surface area contributed by atoms with Crippen LogP contribution in [-0.4, -0.2) is 10.4 Å². The number of hydrogen-bond acceptors (Lipinski definition) is 2. The second-order valence-electron chi connectivity index (χ2n) is 4.11. The molecule has 3 aromatic rings. The summed E-state index contributed by atoms with van der Waals surface area (Å²) in [4.78, 5) is 0. The fourth-order valence-electron chi connectivity index (χ4n) is 2.35. The molecule has 0 saturated carbocycles. The number of hydrogen-bond donors (Lipinski definition) is 2. The lowest BCUT2D eigenvalue weighted by Crippen LogP contribution is -2.07. The molecule has 88 valence electrons. The standard InChI is InChI=1S/C15H13N3/c16-10-9-15(17)18-13-7-3-1-5-11(13)12-6-2-4-8-14(12)18/h1-10,17H,16H2/b10-9+,17-15?. The van der Waals surface area contributed by atoms with E-state index in [2.05, 4.69) is 12.1 Å². The minimum absolute atomic E-state index is 0.370. The Kier molecular flexibility index (Phi) is 2.38. The molecule has 18 heavy (non-hydrogen) atoms. The molecule has 0 atom stereocenters. The maximum absolute atomic E-state index is 8.11. The molecule has 0 radical (unpaired) electrons. The number of nitrogens with one attached hydrogen (secondary N) is 1. The van der Waals surface area contributed by atoms with E-state index in [0.29, 0.717) is 5.84 Å². The molecule has 0 spiro atoms. The summed E-state index contributed by atoms with van der Waals surface area (Å²) < 4.78 is 1.91. The van der Waals surface area contributed by atoms with Gasteiger partial charge in [0.15, 0.2) is 0 Å². The van der Waals surface area contributed by atoms with Crippen molar-refractivity contribution in [1.82, 2.24) is 4.57 Å². The van der Waals surface area contributed by atoms with Crippen LogP contribution in [0.3, 0.4) is 0 Å². The first kappa shape index (κ1) is 10.6. The van der Waals surface area contributed by atoms with Crippen LogP contribution in [0.4, 0.5) is 0 Å². The third-order valence-corrected chi connectivity index (χ3v) is 3.08. The molecule has 0 fully saturated rings. The summed E-state index contributed by atoms with van der Waals surface area (Å²) in [5.74, 6) is 0.370. The molecule has 0 unspecified atom stereocenters. The van der Waals surface area contributed by atoms with Gasteiger partial charge < -0.3 is 5.73 Å². The third-order valence-electron chi connectivity index (χ3n) is 3.08. The van der Waals surface area contributed by atoms with Gasteiger partial charge in [-0.1, -0.05) is 36.4 Å². The highest BCUT2D eigenvalue weighted by atomic mass is 15.0. The van der Waals surface area contributed by atoms with Gasteiger partial charge in [0.25, 0.3) is 0 Å². The Morgan fingerprint density at radius 2 is 1.44 bits per heavy atom. The van der Waals surface area contributed by atoms with E-state index in [1.165, 1.54) is 6.20 Å². The molecule has 3 rings (SSSR count). The van der Waals surface area contributed by atoms with Crippen molar-refractivity contribution in [3.63, 3.8) is 0 Å². The Morgan fingerprint density at radius 3 is 1.94 bits per heavy atom. The second kappa shape index (κ2) is 4.04. The van der Waals surface area contributed by atoms with E-state index >= 15 is 0 Å². The lowest BCUT2D eigenvalue weighted by Gasteiger charge is -2.04. The molecule has 0 aliphatic carbocycles. The molecule has 3 heteroatoms. The van der Waals surface area contributed by atoms with Crippen LogP contribution in [0.5, 0.6) is 0 Å². The Balaban J connectivity index is 2.49. The van der Waals surface area contributed by atoms with Gasteiger partial charge >= 0.3 is 0 Å². The number of rotatable bonds is 1. The van der Waals surface area contributed by atoms with Gasteiger partial charge in [0.05, 0.1) is 11.0 Å². The summed E-state index contributed by atoms with van der Waals surface area (Å²) in [6.07, 6.45) is 2.99. The molecule has 0 bridgehead atoms. The summed E-state index contributed by atoms with van der Waals surface area (Å²) in [6.45, 7) is 0. The SMILES string of the molecule is N=C(/C=C/N)n1c2ccccc2c2ccccc21. The quantitative estimate of drug-likeness (QED) is 0.494. The normalized spacial score (nSPS) is 11.6. The Morgan fingerprint density at radius 1 is 0.944 bits per heavy atom. The van der Waals surface area contributed by atoms with Crippen molar-refractivity contribution in [3.05, 3.63) is 60.8 Å². The first-order valence-electron chi connectivity index (χ1n) is 5.78. The summed E-state index contributed by atoms with van der Waals surface area (Å²) in [5, 5.41) is 10.4. The minimum atomic E-state index is 0.370. The van der Waals surface area contributed by atoms with Gasteiger partial charge in [0, 0.05) is 10.8 Å². The number of para-hydroxylation sites is 2. The molecule has 0 saturated heterocycles. The minimum Gasteiger partial charge on any atom is -0.404 e. The first-order valence-corrected chi connectivity index (χ1v) is 5.78. The molecule has 3 N–H and O–H groups in total. The van der Waals surface area contributed by atoms with Gasteiger partial charge in [-0.3, -0.25) is 9.98 Å². The van der Waals surface area contributed by atoms with Crippen molar-refractivity contribution < 1.29 is 0 Å². The predicted molar refractivity (Wildman–Crippen MR) is 75.9 cm³/mol. The smallest absolute Gasteiger partial charge is 0.131 e. The predicted octanol–water partition coefficient (Wildman–Crippen LogP) is 3.09. The maximum atomic E-state index is 8.11. The second-order valence-corrected chi connectivity index (χ2v) is 4.11. The van der Waals surface area contributed by atoms with Gasteiger partial charge in [-0.15, -0.1) is 0 Å². The lowest BCUT2D eigenvalue weighted by molar-refractivity contribution is 1.24. The number of nitrogens with two attached hydrogens (primary N) is 1. The van der Waals surface area contributed by atoms with E-state index in [9.17, 15) is 0 Å². The summed E-state index contributed by atoms with van der Waals surface area (Å²) in [7, 11) is 0. The van der Waals surface area contributed by atoms with E-state index in [1.54, 1.807) is 6.08 Å². The summed E-state index contributed by atoms with van der Waals surface area (Å²) >= 11 is 0. The van der Waals surface area contributed by atoms with E-state index in [1.807, 2.05) is 41.0 Å². The zero-order chi connectivity index (χ0) is 12.5. The highest BCUT2D eigenvalue weighted by molar-refractivity contribution is 6.15. The van der Waals surface area contributed by atoms with Crippen LogP contribution in [-0.2, 0) is 0 Å². The molecular formula is C15H13N3. The van der Waals surface area contributed by atoms with E-state index in [4.69, 9.17) is 11.1 Å². The Labute approximate surface area is 105 Å². The number of aromatic nitrogens is 1. The van der Waals surface area contributed by atoms with Crippen LogP contribution in [0.15, 0.2) is 60.8 Å². The molecule has 1 aromatic heterocycles. The highest BCUT2D eigenvalue weighted by Gasteiger charge is 2.10. The number of fused-ring (bicyclic) bond motifs is 3. The van der Waals surface area contributed by atoms with Crippen molar-refractivity contribution in [3.8, 4) is 0 Å². The number of nitrogens with zero attached hydrogens (tertiary/aromatic N) is 1. The summed E-state index contributed by atoms with van der Waals surface area (Å²) in [5.41, 5.74) is 7.45. The van der Waals surface area contributed by atoms with Crippen LogP contribution in [0.2, 0.25) is 0 Å². The summed E-state index contributed by atoms with van der Waals surface area (Å²) in [6, 6.07) is 16.2. The topological polar surface area (TPSA) is 54.8 Å². The monoisotopic (exact) mass is 235 g/mol. The Bertz CT molecular complexity index is 712. The number of allylic oxidation sites excluding steroid dienone is 1. The van der Waals surface area contributed by atoms with Crippen LogP contribution in [0.25, 0.3) is 21.8 Å². The molecule has 2 aromatic carbocycles. The van der Waals surface area contributed by atoms with Gasteiger partial charge in [-0.05, 0) is 24.4 Å². The van der Waals surface area contributed by atoms with Crippen LogP contribution < -0.4 is 5.73 Å². The largest absolute Gasteiger partial charge is 0.404 e. The molecule has 0 aliphatic heterocycles.